The van der Waals surface area contributed by atoms with Crippen molar-refractivity contribution in [3.63, 3.8) is 0 Å². The molecule has 0 aromatic heterocycles. The molecule has 4 amide bonds. The molecule has 2 N–H and O–H groups in total. The molecule has 1 saturated heterocycles. The SMILES string of the molecule is CC(C)NC(=O)NC(=O)COC(=O)[C@H]1CC(=O)N(c2ccc3c(c2)OCCO3)C1. The molecule has 0 aliphatic carbocycles. The predicted octanol–water partition coefficient (Wildman–Crippen LogP) is 0.588. The third-order valence-corrected chi connectivity index (χ3v) is 4.31. The molecule has 10 nitrogen and oxygen atoms in total. The first-order chi connectivity index (χ1) is 13.8. The highest BCUT2D eigenvalue weighted by Gasteiger charge is 2.36. The maximum atomic E-state index is 12.4. The van der Waals surface area contributed by atoms with Gasteiger partial charge in [-0.25, -0.2) is 4.79 Å². The number of benzene rings is 1. The van der Waals surface area contributed by atoms with Gasteiger partial charge in [0.05, 0.1) is 5.92 Å². The number of urea groups is 1. The van der Waals surface area contributed by atoms with Crippen molar-refractivity contribution in [1.29, 1.82) is 0 Å². The fourth-order valence-electron chi connectivity index (χ4n) is 3.03. The minimum Gasteiger partial charge on any atom is -0.486 e. The molecule has 1 aromatic rings. The molecule has 1 fully saturated rings. The van der Waals surface area contributed by atoms with Crippen molar-refractivity contribution in [1.82, 2.24) is 10.6 Å². The van der Waals surface area contributed by atoms with Gasteiger partial charge in [-0.3, -0.25) is 19.7 Å². The molecule has 0 saturated carbocycles. The molecule has 0 unspecified atom stereocenters. The summed E-state index contributed by atoms with van der Waals surface area (Å²) in [7, 11) is 0. The van der Waals surface area contributed by atoms with Gasteiger partial charge in [-0.1, -0.05) is 0 Å². The van der Waals surface area contributed by atoms with Crippen LogP contribution in [0.25, 0.3) is 0 Å². The molecule has 0 spiro atoms. The Morgan fingerprint density at radius 2 is 1.93 bits per heavy atom. The van der Waals surface area contributed by atoms with E-state index in [1.165, 1.54) is 4.90 Å². The monoisotopic (exact) mass is 405 g/mol. The summed E-state index contributed by atoms with van der Waals surface area (Å²) in [5.41, 5.74) is 0.595. The van der Waals surface area contributed by atoms with Crippen LogP contribution in [-0.4, -0.2) is 56.2 Å². The first-order valence-corrected chi connectivity index (χ1v) is 9.30. The number of nitrogens with zero attached hydrogens (tertiary/aromatic N) is 1. The zero-order valence-electron chi connectivity index (χ0n) is 16.2. The summed E-state index contributed by atoms with van der Waals surface area (Å²) in [6.07, 6.45) is -0.0251. The van der Waals surface area contributed by atoms with Crippen LogP contribution < -0.4 is 25.0 Å². The lowest BCUT2D eigenvalue weighted by Gasteiger charge is -2.22. The second-order valence-corrected chi connectivity index (χ2v) is 7.02. The van der Waals surface area contributed by atoms with Gasteiger partial charge in [0.2, 0.25) is 5.91 Å². The highest BCUT2D eigenvalue weighted by molar-refractivity contribution is 6.00. The van der Waals surface area contributed by atoms with E-state index in [0.29, 0.717) is 30.4 Å². The van der Waals surface area contributed by atoms with Crippen LogP contribution in [0.1, 0.15) is 20.3 Å². The topological polar surface area (TPSA) is 123 Å². The third-order valence-electron chi connectivity index (χ3n) is 4.31. The van der Waals surface area contributed by atoms with Crippen molar-refractivity contribution >= 4 is 29.5 Å². The van der Waals surface area contributed by atoms with E-state index >= 15 is 0 Å². The summed E-state index contributed by atoms with van der Waals surface area (Å²) in [5, 5.41) is 4.55. The zero-order chi connectivity index (χ0) is 21.0. The van der Waals surface area contributed by atoms with E-state index in [2.05, 4.69) is 10.6 Å². The number of esters is 1. The lowest BCUT2D eigenvalue weighted by Crippen LogP contribution is -2.44. The molecule has 2 aliphatic rings. The van der Waals surface area contributed by atoms with Crippen molar-refractivity contribution in [2.45, 2.75) is 26.3 Å². The molecule has 0 bridgehead atoms. The minimum absolute atomic E-state index is 0.0251. The van der Waals surface area contributed by atoms with Crippen LogP contribution in [-0.2, 0) is 19.1 Å². The largest absolute Gasteiger partial charge is 0.486 e. The first-order valence-electron chi connectivity index (χ1n) is 9.30. The number of hydrogen-bond donors (Lipinski definition) is 2. The second kappa shape index (κ2) is 8.80. The molecular weight excluding hydrogens is 382 g/mol. The summed E-state index contributed by atoms with van der Waals surface area (Å²) in [4.78, 5) is 49.2. The fourth-order valence-corrected chi connectivity index (χ4v) is 3.03. The average molecular weight is 405 g/mol. The summed E-state index contributed by atoms with van der Waals surface area (Å²) in [6, 6.07) is 4.33. The molecule has 3 rings (SSSR count). The van der Waals surface area contributed by atoms with E-state index in [9.17, 15) is 19.2 Å². The Labute approximate surface area is 167 Å². The molecule has 1 atom stereocenters. The lowest BCUT2D eigenvalue weighted by molar-refractivity contribution is -0.152. The van der Waals surface area contributed by atoms with Crippen molar-refractivity contribution in [2.75, 3.05) is 31.3 Å². The van der Waals surface area contributed by atoms with Crippen LogP contribution in [0.2, 0.25) is 0 Å². The van der Waals surface area contributed by atoms with Crippen LogP contribution in [0.15, 0.2) is 18.2 Å². The molecule has 0 radical (unpaired) electrons. The lowest BCUT2D eigenvalue weighted by atomic mass is 10.1. The molecule has 29 heavy (non-hydrogen) atoms. The number of nitrogens with one attached hydrogen (secondary N) is 2. The van der Waals surface area contributed by atoms with Gasteiger partial charge in [0.15, 0.2) is 18.1 Å². The molecular formula is C19H23N3O7. The Balaban J connectivity index is 1.52. The maximum absolute atomic E-state index is 12.4. The van der Waals surface area contributed by atoms with Crippen molar-refractivity contribution in [2.24, 2.45) is 5.92 Å². The molecule has 156 valence electrons. The van der Waals surface area contributed by atoms with E-state index in [-0.39, 0.29) is 24.9 Å². The van der Waals surface area contributed by atoms with Gasteiger partial charge in [-0.05, 0) is 26.0 Å². The Bertz CT molecular complexity index is 824. The summed E-state index contributed by atoms with van der Waals surface area (Å²) >= 11 is 0. The van der Waals surface area contributed by atoms with Gasteiger partial charge in [-0.15, -0.1) is 0 Å². The van der Waals surface area contributed by atoms with Crippen LogP contribution in [0.4, 0.5) is 10.5 Å². The van der Waals surface area contributed by atoms with Gasteiger partial charge in [0, 0.05) is 30.8 Å². The van der Waals surface area contributed by atoms with Crippen LogP contribution in [0.5, 0.6) is 11.5 Å². The first kappa shape index (κ1) is 20.4. The van der Waals surface area contributed by atoms with Gasteiger partial charge >= 0.3 is 12.0 Å². The van der Waals surface area contributed by atoms with Crippen LogP contribution in [0, 0.1) is 5.92 Å². The van der Waals surface area contributed by atoms with E-state index in [4.69, 9.17) is 14.2 Å². The number of ether oxygens (including phenoxy) is 3. The number of amides is 4. The fraction of sp³-hybridized carbons (Fsp3) is 0.474. The van der Waals surface area contributed by atoms with E-state index in [1.807, 2.05) is 0 Å². The Morgan fingerprint density at radius 3 is 2.66 bits per heavy atom. The normalized spacial score (nSPS) is 17.8. The highest BCUT2D eigenvalue weighted by Crippen LogP contribution is 2.36. The number of hydrogen-bond acceptors (Lipinski definition) is 7. The number of anilines is 1. The molecule has 2 aliphatic heterocycles. The van der Waals surface area contributed by atoms with Gasteiger partial charge < -0.3 is 24.4 Å². The second-order valence-electron chi connectivity index (χ2n) is 7.02. The Morgan fingerprint density at radius 1 is 1.21 bits per heavy atom. The van der Waals surface area contributed by atoms with Crippen molar-refractivity contribution < 1.29 is 33.4 Å². The number of fused-ring (bicyclic) bond motifs is 1. The Kier molecular flexibility index (Phi) is 6.20. The van der Waals surface area contributed by atoms with Crippen molar-refractivity contribution in [3.05, 3.63) is 18.2 Å². The summed E-state index contributed by atoms with van der Waals surface area (Å²) in [6.45, 7) is 3.92. The van der Waals surface area contributed by atoms with Gasteiger partial charge in [0.25, 0.3) is 5.91 Å². The van der Waals surface area contributed by atoms with E-state index in [0.717, 1.165) is 0 Å². The molecule has 2 heterocycles. The summed E-state index contributed by atoms with van der Waals surface area (Å²) < 4.78 is 15.9. The van der Waals surface area contributed by atoms with Gasteiger partial charge in [0.1, 0.15) is 13.2 Å². The van der Waals surface area contributed by atoms with Crippen molar-refractivity contribution in [3.8, 4) is 11.5 Å². The maximum Gasteiger partial charge on any atom is 0.321 e. The summed E-state index contributed by atoms with van der Waals surface area (Å²) in [5.74, 6) is -1.20. The number of carbonyl (C=O) groups excluding carboxylic acids is 4. The minimum atomic E-state index is -0.746. The molecule has 10 heteroatoms. The van der Waals surface area contributed by atoms with E-state index < -0.39 is 30.4 Å². The predicted molar refractivity (Wildman–Crippen MR) is 101 cm³/mol. The van der Waals surface area contributed by atoms with Crippen LogP contribution in [0.3, 0.4) is 0 Å². The van der Waals surface area contributed by atoms with E-state index in [1.54, 1.807) is 32.0 Å². The third kappa shape index (κ3) is 5.15. The standard InChI is InChI=1S/C19H23N3O7/c1-11(2)20-19(26)21-16(23)10-29-18(25)12-7-17(24)22(9-12)13-3-4-14-15(8-13)28-6-5-27-14/h3-4,8,11-12H,5-7,9-10H2,1-2H3,(H2,20,21,23,26)/t12-/m0/s1. The average Bonchev–Trinajstić information content (AvgIpc) is 3.06. The highest BCUT2D eigenvalue weighted by atomic mass is 16.6. The Hall–Kier alpha value is -3.30. The van der Waals surface area contributed by atoms with Gasteiger partial charge in [-0.2, -0.15) is 0 Å². The quantitative estimate of drug-likeness (QED) is 0.687. The number of imide groups is 1. The zero-order valence-corrected chi connectivity index (χ0v) is 16.2. The molecule has 1 aromatic carbocycles. The smallest absolute Gasteiger partial charge is 0.321 e. The number of rotatable bonds is 5. The number of carbonyl (C=O) groups is 4. The van der Waals surface area contributed by atoms with Crippen LogP contribution >= 0.6 is 0 Å².